The zero-order chi connectivity index (χ0) is 15.8. The number of benzene rings is 1. The van der Waals surface area contributed by atoms with E-state index in [0.717, 1.165) is 0 Å². The van der Waals surface area contributed by atoms with Crippen molar-refractivity contribution < 1.29 is 14.8 Å². The van der Waals surface area contributed by atoms with Gasteiger partial charge in [0.15, 0.2) is 0 Å². The summed E-state index contributed by atoms with van der Waals surface area (Å²) in [5, 5.41) is 30.9. The van der Waals surface area contributed by atoms with Crippen LogP contribution in [0.25, 0.3) is 18.2 Å². The van der Waals surface area contributed by atoms with E-state index in [1.807, 2.05) is 0 Å². The lowest BCUT2D eigenvalue weighted by Crippen LogP contribution is -1.87. The van der Waals surface area contributed by atoms with Gasteiger partial charge in [0.1, 0.15) is 0 Å². The van der Waals surface area contributed by atoms with E-state index in [2.05, 4.69) is 0 Å². The van der Waals surface area contributed by atoms with Gasteiger partial charge < -0.3 is 0 Å². The molecule has 0 aliphatic carbocycles. The summed E-state index contributed by atoms with van der Waals surface area (Å²) in [6.07, 6.45) is 5.68. The van der Waals surface area contributed by atoms with Crippen molar-refractivity contribution in [3.05, 3.63) is 83.8 Å². The molecule has 0 aliphatic rings. The first-order valence-electron chi connectivity index (χ1n) is 5.47. The van der Waals surface area contributed by atoms with Crippen LogP contribution in [0.1, 0.15) is 16.7 Å². The molecule has 0 amide bonds. The zero-order valence-corrected chi connectivity index (χ0v) is 10.5. The number of nitro groups is 3. The molecule has 0 bridgehead atoms. The summed E-state index contributed by atoms with van der Waals surface area (Å²) in [6.45, 7) is 0. The highest BCUT2D eigenvalue weighted by Crippen LogP contribution is 2.15. The first kappa shape index (κ1) is 15.7. The van der Waals surface area contributed by atoms with E-state index in [-0.39, 0.29) is 0 Å². The van der Waals surface area contributed by atoms with Crippen LogP contribution in [0.2, 0.25) is 0 Å². The molecule has 0 radical (unpaired) electrons. The fourth-order valence-electron chi connectivity index (χ4n) is 1.43. The topological polar surface area (TPSA) is 129 Å². The van der Waals surface area contributed by atoms with E-state index in [0.29, 0.717) is 35.3 Å². The third kappa shape index (κ3) is 6.38. The summed E-state index contributed by atoms with van der Waals surface area (Å²) >= 11 is 0. The summed E-state index contributed by atoms with van der Waals surface area (Å²) in [4.78, 5) is 28.9. The molecule has 0 heterocycles. The van der Waals surface area contributed by atoms with Crippen molar-refractivity contribution in [1.29, 1.82) is 0 Å². The Hall–Kier alpha value is -3.36. The van der Waals surface area contributed by atoms with Gasteiger partial charge in [0.25, 0.3) is 0 Å². The van der Waals surface area contributed by atoms with Crippen LogP contribution in [-0.4, -0.2) is 14.8 Å². The van der Waals surface area contributed by atoms with Crippen molar-refractivity contribution in [2.24, 2.45) is 0 Å². The molecule has 0 spiro atoms. The normalized spacial score (nSPS) is 11.4. The lowest BCUT2D eigenvalue weighted by Gasteiger charge is -1.99. The summed E-state index contributed by atoms with van der Waals surface area (Å²) in [6, 6.07) is 4.43. The SMILES string of the molecule is O=[N+]([O-])C=Cc1cc(C=C[N+](=O)[O-])cc(C=C[N+](=O)[O-])c1. The highest BCUT2D eigenvalue weighted by molar-refractivity contribution is 5.63. The Bertz CT molecular complexity index is 560. The quantitative estimate of drug-likeness (QED) is 0.584. The second-order valence-electron chi connectivity index (χ2n) is 3.74. The van der Waals surface area contributed by atoms with Crippen LogP contribution in [0.4, 0.5) is 0 Å². The Morgan fingerprint density at radius 2 is 0.857 bits per heavy atom. The molecule has 0 atom stereocenters. The predicted molar refractivity (Wildman–Crippen MR) is 74.5 cm³/mol. The first-order chi connectivity index (χ1) is 9.86. The molecule has 0 fully saturated rings. The summed E-state index contributed by atoms with van der Waals surface area (Å²) < 4.78 is 0. The van der Waals surface area contributed by atoms with E-state index in [9.17, 15) is 30.3 Å². The summed E-state index contributed by atoms with van der Waals surface area (Å²) in [7, 11) is 0. The van der Waals surface area contributed by atoms with Gasteiger partial charge in [0.05, 0.1) is 14.8 Å². The summed E-state index contributed by atoms with van der Waals surface area (Å²) in [5.74, 6) is 0. The van der Waals surface area contributed by atoms with E-state index in [4.69, 9.17) is 0 Å². The van der Waals surface area contributed by atoms with E-state index in [1.54, 1.807) is 0 Å². The van der Waals surface area contributed by atoms with Gasteiger partial charge in [-0.15, -0.1) is 0 Å². The Balaban J connectivity index is 3.21. The van der Waals surface area contributed by atoms with Crippen LogP contribution in [0.5, 0.6) is 0 Å². The van der Waals surface area contributed by atoms with E-state index >= 15 is 0 Å². The molecule has 0 saturated carbocycles. The van der Waals surface area contributed by atoms with Crippen LogP contribution in [0.15, 0.2) is 36.8 Å². The van der Waals surface area contributed by atoms with Crippen LogP contribution in [-0.2, 0) is 0 Å². The van der Waals surface area contributed by atoms with Gasteiger partial charge >= 0.3 is 0 Å². The monoisotopic (exact) mass is 291 g/mol. The van der Waals surface area contributed by atoms with Crippen molar-refractivity contribution in [2.75, 3.05) is 0 Å². The molecule has 9 heteroatoms. The van der Waals surface area contributed by atoms with Crippen molar-refractivity contribution in [3.63, 3.8) is 0 Å². The van der Waals surface area contributed by atoms with Crippen LogP contribution in [0.3, 0.4) is 0 Å². The van der Waals surface area contributed by atoms with Crippen LogP contribution >= 0.6 is 0 Å². The summed E-state index contributed by atoms with van der Waals surface area (Å²) in [5.41, 5.74) is 1.17. The smallest absolute Gasteiger partial charge is 0.235 e. The standard InChI is InChI=1S/C12H9N3O6/c16-13(17)4-1-10-7-11(2-5-14(18)19)9-12(8-10)3-6-15(20)21/h1-9H. The van der Waals surface area contributed by atoms with Crippen molar-refractivity contribution >= 4 is 18.2 Å². The number of hydrogen-bond donors (Lipinski definition) is 0. The molecule has 9 nitrogen and oxygen atoms in total. The van der Waals surface area contributed by atoms with Gasteiger partial charge in [0, 0.05) is 18.2 Å². The lowest BCUT2D eigenvalue weighted by atomic mass is 10.1. The maximum atomic E-state index is 10.3. The second-order valence-corrected chi connectivity index (χ2v) is 3.74. The van der Waals surface area contributed by atoms with Gasteiger partial charge in [-0.05, 0) is 34.9 Å². The van der Waals surface area contributed by atoms with Crippen molar-refractivity contribution in [1.82, 2.24) is 0 Å². The highest BCUT2D eigenvalue weighted by Gasteiger charge is 2.00. The second kappa shape index (κ2) is 7.28. The van der Waals surface area contributed by atoms with Gasteiger partial charge in [-0.1, -0.05) is 0 Å². The minimum atomic E-state index is -0.661. The maximum absolute atomic E-state index is 10.3. The number of nitrogens with zero attached hydrogens (tertiary/aromatic N) is 3. The Labute approximate surface area is 118 Å². The number of hydrogen-bond acceptors (Lipinski definition) is 6. The molecule has 1 aromatic carbocycles. The molecule has 0 N–H and O–H groups in total. The fraction of sp³-hybridized carbons (Fsp3) is 0. The maximum Gasteiger partial charge on any atom is 0.235 e. The molecule has 0 unspecified atom stereocenters. The molecule has 0 saturated heterocycles. The molecule has 1 aromatic rings. The van der Waals surface area contributed by atoms with Crippen LogP contribution < -0.4 is 0 Å². The predicted octanol–water partition coefficient (Wildman–Crippen LogP) is 2.43. The molecule has 21 heavy (non-hydrogen) atoms. The Morgan fingerprint density at radius 1 is 0.619 bits per heavy atom. The average Bonchev–Trinajstić information content (AvgIpc) is 2.40. The molecular weight excluding hydrogens is 282 g/mol. The third-order valence-corrected chi connectivity index (χ3v) is 2.17. The minimum absolute atomic E-state index is 0.389. The Morgan fingerprint density at radius 3 is 1.05 bits per heavy atom. The third-order valence-electron chi connectivity index (χ3n) is 2.17. The number of rotatable bonds is 6. The molecular formula is C12H9N3O6. The van der Waals surface area contributed by atoms with Crippen molar-refractivity contribution in [3.8, 4) is 0 Å². The minimum Gasteiger partial charge on any atom is -0.259 e. The molecule has 108 valence electrons. The fourth-order valence-corrected chi connectivity index (χ4v) is 1.43. The highest BCUT2D eigenvalue weighted by atomic mass is 16.6. The van der Waals surface area contributed by atoms with Gasteiger partial charge in [-0.2, -0.15) is 0 Å². The van der Waals surface area contributed by atoms with Crippen LogP contribution in [0, 0.1) is 30.3 Å². The first-order valence-corrected chi connectivity index (χ1v) is 5.47. The van der Waals surface area contributed by atoms with E-state index in [1.165, 1.54) is 36.4 Å². The molecule has 1 rings (SSSR count). The largest absolute Gasteiger partial charge is 0.259 e. The lowest BCUT2D eigenvalue weighted by molar-refractivity contribution is -0.401. The molecule has 0 aromatic heterocycles. The average molecular weight is 291 g/mol. The van der Waals surface area contributed by atoms with E-state index < -0.39 is 14.8 Å². The van der Waals surface area contributed by atoms with Gasteiger partial charge in [0.2, 0.25) is 18.6 Å². The Kier molecular flexibility index (Phi) is 5.44. The van der Waals surface area contributed by atoms with Gasteiger partial charge in [-0.3, -0.25) is 30.3 Å². The van der Waals surface area contributed by atoms with Crippen molar-refractivity contribution in [2.45, 2.75) is 0 Å². The molecule has 0 aliphatic heterocycles. The van der Waals surface area contributed by atoms with Gasteiger partial charge in [-0.25, -0.2) is 0 Å². The zero-order valence-electron chi connectivity index (χ0n) is 10.5.